The predicted molar refractivity (Wildman–Crippen MR) is 71.5 cm³/mol. The lowest BCUT2D eigenvalue weighted by Crippen LogP contribution is -2.12. The summed E-state index contributed by atoms with van der Waals surface area (Å²) >= 11 is 0. The number of methoxy groups -OCH3 is 1. The molecule has 0 bridgehead atoms. The van der Waals surface area contributed by atoms with E-state index >= 15 is 0 Å². The van der Waals surface area contributed by atoms with Gasteiger partial charge in [0.05, 0.1) is 12.8 Å². The molecule has 2 heterocycles. The number of rotatable bonds is 4. The van der Waals surface area contributed by atoms with E-state index in [4.69, 9.17) is 10.6 Å². The molecular formula is C11H11N7O2. The third-order valence-electron chi connectivity index (χ3n) is 2.61. The van der Waals surface area contributed by atoms with Crippen LogP contribution in [0.2, 0.25) is 0 Å². The minimum absolute atomic E-state index is 0.267. The first kappa shape index (κ1) is 12.1. The molecule has 0 aliphatic carbocycles. The van der Waals surface area contributed by atoms with Crippen LogP contribution in [0.4, 0.5) is 17.3 Å². The van der Waals surface area contributed by atoms with Crippen molar-refractivity contribution in [2.45, 2.75) is 0 Å². The molecule has 0 radical (unpaired) electrons. The molecule has 2 aromatic heterocycles. The number of nitrogens with zero attached hydrogens (tertiary/aromatic N) is 4. The number of anilines is 3. The molecule has 20 heavy (non-hydrogen) atoms. The molecule has 0 saturated heterocycles. The summed E-state index contributed by atoms with van der Waals surface area (Å²) in [6, 6.07) is 7.39. The number of para-hydroxylation sites is 2. The maximum absolute atomic E-state index is 5.43. The summed E-state index contributed by atoms with van der Waals surface area (Å²) in [5.41, 5.74) is 3.71. The topological polar surface area (TPSA) is 124 Å². The molecule has 0 spiro atoms. The number of nitrogens with one attached hydrogen (secondary N) is 2. The Balaban J connectivity index is 2.04. The van der Waals surface area contributed by atoms with Crippen LogP contribution in [0.3, 0.4) is 0 Å². The number of nitrogen functional groups attached to an aromatic ring is 1. The van der Waals surface area contributed by atoms with Crippen LogP contribution in [0, 0.1) is 0 Å². The van der Waals surface area contributed by atoms with E-state index in [0.29, 0.717) is 17.4 Å². The molecule has 3 rings (SSSR count). The van der Waals surface area contributed by atoms with Crippen molar-refractivity contribution in [3.63, 3.8) is 0 Å². The second-order valence-corrected chi connectivity index (χ2v) is 3.80. The number of hydrazine groups is 1. The van der Waals surface area contributed by atoms with Crippen LogP contribution in [0.15, 0.2) is 28.9 Å². The molecule has 0 saturated carbocycles. The highest BCUT2D eigenvalue weighted by Crippen LogP contribution is 2.29. The van der Waals surface area contributed by atoms with Crippen molar-refractivity contribution in [3.8, 4) is 5.75 Å². The number of hydrogen-bond donors (Lipinski definition) is 3. The number of ether oxygens (including phenoxy) is 1. The van der Waals surface area contributed by atoms with Crippen molar-refractivity contribution in [1.29, 1.82) is 0 Å². The van der Waals surface area contributed by atoms with E-state index in [2.05, 4.69) is 35.7 Å². The average molecular weight is 273 g/mol. The maximum atomic E-state index is 5.43. The van der Waals surface area contributed by atoms with E-state index in [9.17, 15) is 0 Å². The van der Waals surface area contributed by atoms with Gasteiger partial charge in [0.15, 0.2) is 11.6 Å². The highest BCUT2D eigenvalue weighted by atomic mass is 16.6. The lowest BCUT2D eigenvalue weighted by atomic mass is 10.3. The molecule has 102 valence electrons. The standard InChI is InChI=1S/C11H11N7O2/c1-19-7-5-3-2-4-6(7)13-8-9(16-12)15-11-10(14-8)17-20-18-11/h2-5H,12H2,1H3,(H,13,14,17)(H,15,16,18). The minimum atomic E-state index is 0.267. The molecule has 0 aliphatic rings. The van der Waals surface area contributed by atoms with Gasteiger partial charge < -0.3 is 15.5 Å². The lowest BCUT2D eigenvalue weighted by Gasteiger charge is -2.12. The summed E-state index contributed by atoms with van der Waals surface area (Å²) in [5, 5.41) is 10.3. The molecule has 0 fully saturated rings. The van der Waals surface area contributed by atoms with Crippen LogP contribution in [0.1, 0.15) is 0 Å². The van der Waals surface area contributed by atoms with Gasteiger partial charge >= 0.3 is 0 Å². The maximum Gasteiger partial charge on any atom is 0.245 e. The van der Waals surface area contributed by atoms with Crippen molar-refractivity contribution in [2.75, 3.05) is 17.9 Å². The van der Waals surface area contributed by atoms with Gasteiger partial charge in [-0.1, -0.05) is 12.1 Å². The normalized spacial score (nSPS) is 10.5. The van der Waals surface area contributed by atoms with Crippen molar-refractivity contribution < 1.29 is 9.37 Å². The fourth-order valence-corrected chi connectivity index (χ4v) is 1.70. The average Bonchev–Trinajstić information content (AvgIpc) is 2.94. The number of nitrogens with two attached hydrogens (primary N) is 1. The number of hydrogen-bond acceptors (Lipinski definition) is 9. The zero-order chi connectivity index (χ0) is 13.9. The van der Waals surface area contributed by atoms with E-state index in [-0.39, 0.29) is 11.3 Å². The third kappa shape index (κ3) is 2.06. The second kappa shape index (κ2) is 4.97. The fourth-order valence-electron chi connectivity index (χ4n) is 1.70. The van der Waals surface area contributed by atoms with Crippen LogP contribution in [-0.2, 0) is 0 Å². The van der Waals surface area contributed by atoms with Crippen molar-refractivity contribution in [2.24, 2.45) is 5.84 Å². The second-order valence-electron chi connectivity index (χ2n) is 3.80. The minimum Gasteiger partial charge on any atom is -0.495 e. The van der Waals surface area contributed by atoms with Crippen molar-refractivity contribution in [3.05, 3.63) is 24.3 Å². The summed E-state index contributed by atoms with van der Waals surface area (Å²) in [6.07, 6.45) is 0. The van der Waals surface area contributed by atoms with Gasteiger partial charge in [0, 0.05) is 0 Å². The van der Waals surface area contributed by atoms with Crippen LogP contribution in [0.5, 0.6) is 5.75 Å². The van der Waals surface area contributed by atoms with Gasteiger partial charge in [-0.05, 0) is 22.4 Å². The molecule has 4 N–H and O–H groups in total. The highest BCUT2D eigenvalue weighted by molar-refractivity contribution is 5.77. The number of aromatic nitrogens is 4. The molecule has 0 unspecified atom stereocenters. The predicted octanol–water partition coefficient (Wildman–Crippen LogP) is 1.05. The van der Waals surface area contributed by atoms with E-state index in [1.807, 2.05) is 24.3 Å². The number of fused-ring (bicyclic) bond motifs is 1. The Bertz CT molecular complexity index is 742. The SMILES string of the molecule is COc1ccccc1Nc1nc2nonc2nc1NN. The quantitative estimate of drug-likeness (QED) is 0.472. The summed E-state index contributed by atoms with van der Waals surface area (Å²) in [6.45, 7) is 0. The fraction of sp³-hybridized carbons (Fsp3) is 0.0909. The first-order valence-electron chi connectivity index (χ1n) is 5.69. The van der Waals surface area contributed by atoms with Gasteiger partial charge in [-0.25, -0.2) is 15.5 Å². The van der Waals surface area contributed by atoms with Crippen LogP contribution in [-0.4, -0.2) is 27.4 Å². The molecule has 1 aromatic carbocycles. The van der Waals surface area contributed by atoms with Gasteiger partial charge in [-0.2, -0.15) is 4.98 Å². The van der Waals surface area contributed by atoms with Crippen LogP contribution < -0.4 is 21.3 Å². The summed E-state index contributed by atoms with van der Waals surface area (Å²) < 4.78 is 9.82. The van der Waals surface area contributed by atoms with Crippen molar-refractivity contribution >= 4 is 28.6 Å². The smallest absolute Gasteiger partial charge is 0.245 e. The lowest BCUT2D eigenvalue weighted by molar-refractivity contribution is 0.314. The van der Waals surface area contributed by atoms with Crippen LogP contribution >= 0.6 is 0 Å². The number of benzene rings is 1. The first-order valence-corrected chi connectivity index (χ1v) is 5.69. The largest absolute Gasteiger partial charge is 0.495 e. The molecule has 0 aliphatic heterocycles. The summed E-state index contributed by atoms with van der Waals surface area (Å²) in [5.74, 6) is 6.80. The molecule has 0 atom stereocenters. The molecular weight excluding hydrogens is 262 g/mol. The summed E-state index contributed by atoms with van der Waals surface area (Å²) in [4.78, 5) is 8.37. The van der Waals surface area contributed by atoms with E-state index in [1.54, 1.807) is 7.11 Å². The zero-order valence-corrected chi connectivity index (χ0v) is 10.5. The van der Waals surface area contributed by atoms with Gasteiger partial charge in [0.1, 0.15) is 5.75 Å². The Morgan fingerprint density at radius 2 is 1.80 bits per heavy atom. The summed E-state index contributed by atoms with van der Waals surface area (Å²) in [7, 11) is 1.58. The highest BCUT2D eigenvalue weighted by Gasteiger charge is 2.13. The Kier molecular flexibility index (Phi) is 3.01. The van der Waals surface area contributed by atoms with Gasteiger partial charge in [-0.15, -0.1) is 0 Å². The van der Waals surface area contributed by atoms with Gasteiger partial charge in [0.2, 0.25) is 11.3 Å². The van der Waals surface area contributed by atoms with Gasteiger partial charge in [-0.3, -0.25) is 0 Å². The monoisotopic (exact) mass is 273 g/mol. The van der Waals surface area contributed by atoms with E-state index in [1.165, 1.54) is 0 Å². The van der Waals surface area contributed by atoms with E-state index in [0.717, 1.165) is 5.69 Å². The molecule has 3 aromatic rings. The molecule has 9 nitrogen and oxygen atoms in total. The van der Waals surface area contributed by atoms with Crippen LogP contribution in [0.25, 0.3) is 11.3 Å². The zero-order valence-electron chi connectivity index (χ0n) is 10.5. The Morgan fingerprint density at radius 3 is 2.50 bits per heavy atom. The molecule has 9 heteroatoms. The van der Waals surface area contributed by atoms with Crippen molar-refractivity contribution in [1.82, 2.24) is 20.3 Å². The Morgan fingerprint density at radius 1 is 1.10 bits per heavy atom. The van der Waals surface area contributed by atoms with Gasteiger partial charge in [0.25, 0.3) is 0 Å². The molecule has 0 amide bonds. The van der Waals surface area contributed by atoms with E-state index < -0.39 is 0 Å². The third-order valence-corrected chi connectivity index (χ3v) is 2.61. The first-order chi connectivity index (χ1) is 9.81. The Hall–Kier alpha value is -2.94. The Labute approximate surface area is 113 Å².